The molecule has 0 aromatic heterocycles. The second-order valence-electron chi connectivity index (χ2n) is 6.17. The molecule has 0 spiro atoms. The van der Waals surface area contributed by atoms with Crippen LogP contribution in [-0.2, 0) is 16.6 Å². The van der Waals surface area contributed by atoms with E-state index in [-0.39, 0.29) is 17.3 Å². The van der Waals surface area contributed by atoms with Crippen LogP contribution in [0.2, 0.25) is 0 Å². The van der Waals surface area contributed by atoms with Gasteiger partial charge in [0.05, 0.1) is 10.5 Å². The third-order valence-electron chi connectivity index (χ3n) is 4.41. The lowest BCUT2D eigenvalue weighted by Gasteiger charge is -2.18. The number of sulfonamides is 1. The quantitative estimate of drug-likeness (QED) is 0.770. The SMILES string of the molecule is CSc1ccc(S(=O)(=O)NCc2ccccc2)cc1C(=O)N1CCCC1. The number of rotatable bonds is 6. The average Bonchev–Trinajstić information content (AvgIpc) is 3.21. The number of nitrogens with one attached hydrogen (secondary N) is 1. The Bertz CT molecular complexity index is 877. The van der Waals surface area contributed by atoms with Crippen LogP contribution in [0, 0.1) is 0 Å². The Morgan fingerprint density at radius 3 is 2.46 bits per heavy atom. The number of likely N-dealkylation sites (tertiary alicyclic amines) is 1. The van der Waals surface area contributed by atoms with Crippen molar-refractivity contribution < 1.29 is 13.2 Å². The molecule has 138 valence electrons. The molecule has 2 aromatic carbocycles. The Morgan fingerprint density at radius 2 is 1.81 bits per heavy atom. The zero-order valence-corrected chi connectivity index (χ0v) is 16.3. The van der Waals surface area contributed by atoms with Crippen molar-refractivity contribution in [2.24, 2.45) is 0 Å². The molecule has 1 aliphatic heterocycles. The summed E-state index contributed by atoms with van der Waals surface area (Å²) >= 11 is 1.45. The third kappa shape index (κ3) is 4.28. The summed E-state index contributed by atoms with van der Waals surface area (Å²) in [4.78, 5) is 15.5. The van der Waals surface area contributed by atoms with Crippen molar-refractivity contribution in [1.82, 2.24) is 9.62 Å². The summed E-state index contributed by atoms with van der Waals surface area (Å²) in [6.45, 7) is 1.68. The van der Waals surface area contributed by atoms with Crippen LogP contribution >= 0.6 is 11.8 Å². The molecular weight excluding hydrogens is 368 g/mol. The van der Waals surface area contributed by atoms with Crippen molar-refractivity contribution >= 4 is 27.7 Å². The van der Waals surface area contributed by atoms with Crippen LogP contribution in [0.25, 0.3) is 0 Å². The van der Waals surface area contributed by atoms with E-state index >= 15 is 0 Å². The summed E-state index contributed by atoms with van der Waals surface area (Å²) in [7, 11) is -3.69. The minimum absolute atomic E-state index is 0.0908. The number of thioether (sulfide) groups is 1. The number of hydrogen-bond acceptors (Lipinski definition) is 4. The minimum atomic E-state index is -3.69. The zero-order chi connectivity index (χ0) is 18.6. The molecular formula is C19H22N2O3S2. The van der Waals surface area contributed by atoms with Crippen molar-refractivity contribution in [1.29, 1.82) is 0 Å². The molecule has 0 bridgehead atoms. The predicted molar refractivity (Wildman–Crippen MR) is 104 cm³/mol. The molecule has 0 aliphatic carbocycles. The summed E-state index contributed by atoms with van der Waals surface area (Å²) in [6.07, 6.45) is 3.88. The lowest BCUT2D eigenvalue weighted by molar-refractivity contribution is 0.0789. The topological polar surface area (TPSA) is 66.5 Å². The summed E-state index contributed by atoms with van der Waals surface area (Å²) in [5.41, 5.74) is 1.34. The van der Waals surface area contributed by atoms with E-state index in [1.807, 2.05) is 36.6 Å². The first-order chi connectivity index (χ1) is 12.5. The van der Waals surface area contributed by atoms with Crippen molar-refractivity contribution in [2.45, 2.75) is 29.2 Å². The lowest BCUT2D eigenvalue weighted by atomic mass is 10.2. The van der Waals surface area contributed by atoms with Gasteiger partial charge in [-0.3, -0.25) is 4.79 Å². The van der Waals surface area contributed by atoms with Gasteiger partial charge in [-0.15, -0.1) is 11.8 Å². The first-order valence-electron chi connectivity index (χ1n) is 8.52. The third-order valence-corrected chi connectivity index (χ3v) is 6.61. The Kier molecular flexibility index (Phi) is 6.01. The molecule has 1 amide bonds. The van der Waals surface area contributed by atoms with Crippen LogP contribution in [0.3, 0.4) is 0 Å². The van der Waals surface area contributed by atoms with E-state index in [1.165, 1.54) is 17.8 Å². The van der Waals surface area contributed by atoms with Crippen molar-refractivity contribution in [3.63, 3.8) is 0 Å². The molecule has 2 aromatic rings. The summed E-state index contributed by atoms with van der Waals surface area (Å²) in [5.74, 6) is -0.0908. The summed E-state index contributed by atoms with van der Waals surface area (Å²) < 4.78 is 27.9. The van der Waals surface area contributed by atoms with Gasteiger partial charge < -0.3 is 4.90 Å². The van der Waals surface area contributed by atoms with E-state index in [9.17, 15) is 13.2 Å². The smallest absolute Gasteiger partial charge is 0.255 e. The first kappa shape index (κ1) is 18.9. The van der Waals surface area contributed by atoms with E-state index in [2.05, 4.69) is 4.72 Å². The highest BCUT2D eigenvalue weighted by Crippen LogP contribution is 2.26. The van der Waals surface area contributed by atoms with Gasteiger partial charge in [0.1, 0.15) is 0 Å². The van der Waals surface area contributed by atoms with Crippen LogP contribution in [0.5, 0.6) is 0 Å². The normalized spacial score (nSPS) is 14.6. The number of hydrogen-bond donors (Lipinski definition) is 1. The molecule has 3 rings (SSSR count). The lowest BCUT2D eigenvalue weighted by Crippen LogP contribution is -2.29. The number of carbonyl (C=O) groups excluding carboxylic acids is 1. The standard InChI is InChI=1S/C19H22N2O3S2/c1-25-18-10-9-16(13-17(18)19(22)21-11-5-6-12-21)26(23,24)20-14-15-7-3-2-4-8-15/h2-4,7-10,13,20H,5-6,11-12,14H2,1H3. The molecule has 1 saturated heterocycles. The highest BCUT2D eigenvalue weighted by atomic mass is 32.2. The fraction of sp³-hybridized carbons (Fsp3) is 0.316. The van der Waals surface area contributed by atoms with Crippen molar-refractivity contribution in [3.05, 3.63) is 59.7 Å². The van der Waals surface area contributed by atoms with Gasteiger partial charge in [-0.1, -0.05) is 30.3 Å². The van der Waals surface area contributed by atoms with Crippen molar-refractivity contribution in [2.75, 3.05) is 19.3 Å². The monoisotopic (exact) mass is 390 g/mol. The number of nitrogens with zero attached hydrogens (tertiary/aromatic N) is 1. The molecule has 0 atom stereocenters. The van der Waals surface area contributed by atoms with Crippen LogP contribution in [0.1, 0.15) is 28.8 Å². The molecule has 1 heterocycles. The van der Waals surface area contributed by atoms with E-state index in [0.717, 1.165) is 36.4 Å². The van der Waals surface area contributed by atoms with Gasteiger partial charge in [0, 0.05) is 24.5 Å². The molecule has 5 nitrogen and oxygen atoms in total. The van der Waals surface area contributed by atoms with E-state index in [1.54, 1.807) is 17.0 Å². The second-order valence-corrected chi connectivity index (χ2v) is 8.79. The number of amides is 1. The van der Waals surface area contributed by atoms with Crippen LogP contribution in [0.4, 0.5) is 0 Å². The largest absolute Gasteiger partial charge is 0.339 e. The maximum atomic E-state index is 12.8. The van der Waals surface area contributed by atoms with E-state index in [4.69, 9.17) is 0 Å². The minimum Gasteiger partial charge on any atom is -0.339 e. The van der Waals surface area contributed by atoms with Gasteiger partial charge in [-0.2, -0.15) is 0 Å². The van der Waals surface area contributed by atoms with E-state index in [0.29, 0.717) is 5.56 Å². The average molecular weight is 391 g/mol. The van der Waals surface area contributed by atoms with Crippen LogP contribution < -0.4 is 4.72 Å². The van der Waals surface area contributed by atoms with Gasteiger partial charge in [-0.25, -0.2) is 13.1 Å². The maximum absolute atomic E-state index is 12.8. The summed E-state index contributed by atoms with van der Waals surface area (Å²) in [5, 5.41) is 0. The summed E-state index contributed by atoms with van der Waals surface area (Å²) in [6, 6.07) is 14.1. The highest BCUT2D eigenvalue weighted by molar-refractivity contribution is 7.98. The fourth-order valence-corrected chi connectivity index (χ4v) is 4.58. The highest BCUT2D eigenvalue weighted by Gasteiger charge is 2.24. The first-order valence-corrected chi connectivity index (χ1v) is 11.2. The molecule has 0 saturated carbocycles. The molecule has 0 unspecified atom stereocenters. The Morgan fingerprint density at radius 1 is 1.12 bits per heavy atom. The molecule has 1 aliphatic rings. The predicted octanol–water partition coefficient (Wildman–Crippen LogP) is 3.12. The van der Waals surface area contributed by atoms with Crippen LogP contribution in [0.15, 0.2) is 58.3 Å². The Labute approximate surface area is 158 Å². The molecule has 0 radical (unpaired) electrons. The Balaban J connectivity index is 1.84. The van der Waals surface area contributed by atoms with Gasteiger partial charge in [-0.05, 0) is 42.9 Å². The van der Waals surface area contributed by atoms with Gasteiger partial charge >= 0.3 is 0 Å². The molecule has 7 heteroatoms. The molecule has 26 heavy (non-hydrogen) atoms. The molecule has 1 N–H and O–H groups in total. The van der Waals surface area contributed by atoms with Gasteiger partial charge in [0.2, 0.25) is 10.0 Å². The van der Waals surface area contributed by atoms with Crippen LogP contribution in [-0.4, -0.2) is 38.6 Å². The fourth-order valence-electron chi connectivity index (χ4n) is 2.97. The van der Waals surface area contributed by atoms with E-state index < -0.39 is 10.0 Å². The van der Waals surface area contributed by atoms with Gasteiger partial charge in [0.15, 0.2) is 0 Å². The second kappa shape index (κ2) is 8.24. The Hall–Kier alpha value is -1.83. The van der Waals surface area contributed by atoms with Gasteiger partial charge in [0.25, 0.3) is 5.91 Å². The molecule has 1 fully saturated rings. The number of benzene rings is 2. The van der Waals surface area contributed by atoms with Crippen molar-refractivity contribution in [3.8, 4) is 0 Å². The number of carbonyl (C=O) groups is 1. The maximum Gasteiger partial charge on any atom is 0.255 e. The zero-order valence-electron chi connectivity index (χ0n) is 14.6.